The topological polar surface area (TPSA) is 19.7 Å². The molecular formula is C64H42N4. The Bertz CT molecular complexity index is 3990. The zero-order valence-electron chi connectivity index (χ0n) is 37.0. The number of hydrogen-bond donors (Lipinski definition) is 0. The summed E-state index contributed by atoms with van der Waals surface area (Å²) in [7, 11) is 0. The molecule has 318 valence electrons. The minimum Gasteiger partial charge on any atom is -0.295 e. The minimum atomic E-state index is 1.11. The molecule has 0 saturated carbocycles. The van der Waals surface area contributed by atoms with E-state index >= 15 is 0 Å². The molecule has 0 aliphatic carbocycles. The molecule has 0 aliphatic rings. The third kappa shape index (κ3) is 5.81. The number of nitrogens with zero attached hydrogens (tertiary/aromatic N) is 4. The van der Waals surface area contributed by atoms with E-state index in [-0.39, 0.29) is 0 Å². The van der Waals surface area contributed by atoms with Gasteiger partial charge in [0, 0.05) is 55.1 Å². The lowest BCUT2D eigenvalue weighted by Gasteiger charge is -2.16. The molecule has 0 bridgehead atoms. The van der Waals surface area contributed by atoms with E-state index in [1.54, 1.807) is 0 Å². The van der Waals surface area contributed by atoms with Crippen molar-refractivity contribution in [3.63, 3.8) is 0 Å². The molecule has 0 atom stereocenters. The fraction of sp³-hybridized carbons (Fsp3) is 0. The maximum Gasteiger partial charge on any atom is 0.131 e. The van der Waals surface area contributed by atoms with Crippen molar-refractivity contribution in [3.8, 4) is 56.1 Å². The summed E-state index contributed by atoms with van der Waals surface area (Å²) in [6.07, 6.45) is 0. The predicted octanol–water partition coefficient (Wildman–Crippen LogP) is 16.8. The predicted molar refractivity (Wildman–Crippen MR) is 285 cm³/mol. The van der Waals surface area contributed by atoms with E-state index in [1.807, 2.05) is 0 Å². The Hall–Kier alpha value is -9.12. The van der Waals surface area contributed by atoms with Gasteiger partial charge in [0.1, 0.15) is 11.3 Å². The van der Waals surface area contributed by atoms with Crippen molar-refractivity contribution in [1.29, 1.82) is 0 Å². The van der Waals surface area contributed by atoms with Gasteiger partial charge in [-0.1, -0.05) is 164 Å². The second-order valence-corrected chi connectivity index (χ2v) is 17.7. The second-order valence-electron chi connectivity index (χ2n) is 17.7. The van der Waals surface area contributed by atoms with Crippen LogP contribution in [0.3, 0.4) is 0 Å². The lowest BCUT2D eigenvalue weighted by molar-refractivity contribution is 1.07. The van der Waals surface area contributed by atoms with Crippen LogP contribution in [0.1, 0.15) is 0 Å². The summed E-state index contributed by atoms with van der Waals surface area (Å²) in [4.78, 5) is 0. The van der Waals surface area contributed by atoms with Gasteiger partial charge in [-0.2, -0.15) is 0 Å². The molecule has 0 amide bonds. The summed E-state index contributed by atoms with van der Waals surface area (Å²) < 4.78 is 9.78. The highest BCUT2D eigenvalue weighted by Crippen LogP contribution is 2.44. The van der Waals surface area contributed by atoms with Crippen LogP contribution in [0.25, 0.3) is 122 Å². The number of hydrogen-bond acceptors (Lipinski definition) is 0. The highest BCUT2D eigenvalue weighted by atomic mass is 15.1. The average Bonchev–Trinajstić information content (AvgIpc) is 4.14. The average molecular weight is 867 g/mol. The zero-order valence-corrected chi connectivity index (χ0v) is 37.0. The van der Waals surface area contributed by atoms with Crippen LogP contribution in [-0.2, 0) is 0 Å². The van der Waals surface area contributed by atoms with Crippen molar-refractivity contribution in [2.45, 2.75) is 0 Å². The molecule has 0 N–H and O–H groups in total. The first-order valence-electron chi connectivity index (χ1n) is 23.3. The summed E-state index contributed by atoms with van der Waals surface area (Å²) >= 11 is 0. The van der Waals surface area contributed by atoms with Gasteiger partial charge >= 0.3 is 0 Å². The molecule has 0 saturated heterocycles. The molecule has 68 heavy (non-hydrogen) atoms. The smallest absolute Gasteiger partial charge is 0.131 e. The second kappa shape index (κ2) is 15.2. The van der Waals surface area contributed by atoms with Crippen molar-refractivity contribution < 1.29 is 0 Å². The zero-order chi connectivity index (χ0) is 44.7. The van der Waals surface area contributed by atoms with Gasteiger partial charge < -0.3 is 0 Å². The Morgan fingerprint density at radius 2 is 0.471 bits per heavy atom. The molecule has 14 aromatic rings. The Labute approximate surface area is 393 Å². The van der Waals surface area contributed by atoms with Gasteiger partial charge in [-0.05, 0) is 124 Å². The van der Waals surface area contributed by atoms with Crippen LogP contribution in [0.15, 0.2) is 255 Å². The number of fused-ring (bicyclic) bond motifs is 10. The standard InChI is InChI=1S/C64H42N4/c1-4-20-43(21-5-1)46-38-47(44-22-18-28-51(41-44)67-59-36-16-12-32-55(59)61-53-30-10-14-34-57(53)65(63(61)67)49-24-6-2-7-25-49)40-48(39-46)45-23-19-29-52(42-45)68-60-37-17-13-33-56(60)62-54-31-11-15-35-58(54)66(64(62)68)50-26-8-3-9-27-50/h1-42H. The van der Waals surface area contributed by atoms with Crippen LogP contribution in [0, 0.1) is 0 Å². The summed E-state index contributed by atoms with van der Waals surface area (Å²) in [5, 5.41) is 7.49. The van der Waals surface area contributed by atoms with Crippen molar-refractivity contribution in [2.75, 3.05) is 0 Å². The van der Waals surface area contributed by atoms with Crippen LogP contribution in [0.5, 0.6) is 0 Å². The molecule has 0 spiro atoms. The number of aromatic nitrogens is 4. The van der Waals surface area contributed by atoms with Crippen molar-refractivity contribution in [2.24, 2.45) is 0 Å². The van der Waals surface area contributed by atoms with E-state index in [1.165, 1.54) is 65.5 Å². The number of para-hydroxylation sites is 6. The van der Waals surface area contributed by atoms with E-state index in [0.29, 0.717) is 0 Å². The minimum absolute atomic E-state index is 1.11. The molecule has 0 aliphatic heterocycles. The molecule has 0 unspecified atom stereocenters. The Morgan fingerprint density at radius 1 is 0.191 bits per heavy atom. The van der Waals surface area contributed by atoms with Gasteiger partial charge in [0.15, 0.2) is 0 Å². The van der Waals surface area contributed by atoms with E-state index in [2.05, 4.69) is 273 Å². The summed E-state index contributed by atoms with van der Waals surface area (Å²) in [6, 6.07) is 92.9. The van der Waals surface area contributed by atoms with Gasteiger partial charge in [0.25, 0.3) is 0 Å². The maximum atomic E-state index is 2.46. The number of benzene rings is 10. The molecule has 0 radical (unpaired) electrons. The van der Waals surface area contributed by atoms with E-state index in [9.17, 15) is 0 Å². The van der Waals surface area contributed by atoms with Crippen LogP contribution in [-0.4, -0.2) is 18.3 Å². The molecular weight excluding hydrogens is 825 g/mol. The Balaban J connectivity index is 0.979. The SMILES string of the molecule is c1ccc(-c2cc(-c3cccc(-n4c5ccccc5c5c6ccccc6n(-c6ccccc6)c54)c3)cc(-c3cccc(-n4c5ccccc5c5c6ccccc6n(-c6ccccc6)c54)c3)c2)cc1. The summed E-state index contributed by atoms with van der Waals surface area (Å²) in [5.41, 5.74) is 18.5. The maximum absolute atomic E-state index is 2.46. The molecule has 10 aromatic carbocycles. The van der Waals surface area contributed by atoms with Gasteiger partial charge in [-0.3, -0.25) is 18.3 Å². The van der Waals surface area contributed by atoms with E-state index in [0.717, 1.165) is 56.3 Å². The Morgan fingerprint density at radius 3 is 0.853 bits per heavy atom. The third-order valence-corrected chi connectivity index (χ3v) is 13.9. The fourth-order valence-electron chi connectivity index (χ4n) is 11.0. The van der Waals surface area contributed by atoms with Gasteiger partial charge in [-0.15, -0.1) is 0 Å². The van der Waals surface area contributed by atoms with E-state index in [4.69, 9.17) is 0 Å². The summed E-state index contributed by atoms with van der Waals surface area (Å²) in [6.45, 7) is 0. The number of rotatable bonds is 7. The molecule has 4 heterocycles. The molecule has 14 rings (SSSR count). The fourth-order valence-corrected chi connectivity index (χ4v) is 11.0. The molecule has 4 nitrogen and oxygen atoms in total. The van der Waals surface area contributed by atoms with Crippen molar-refractivity contribution in [3.05, 3.63) is 255 Å². The van der Waals surface area contributed by atoms with Crippen LogP contribution < -0.4 is 0 Å². The normalized spacial score (nSPS) is 11.8. The lowest BCUT2D eigenvalue weighted by atomic mass is 9.93. The highest BCUT2D eigenvalue weighted by molar-refractivity contribution is 6.23. The quantitative estimate of drug-likeness (QED) is 0.152. The first kappa shape index (κ1) is 38.2. The third-order valence-electron chi connectivity index (χ3n) is 13.9. The first-order chi connectivity index (χ1) is 33.8. The van der Waals surface area contributed by atoms with Crippen molar-refractivity contribution in [1.82, 2.24) is 18.3 Å². The van der Waals surface area contributed by atoms with E-state index < -0.39 is 0 Å². The Kier molecular flexibility index (Phi) is 8.55. The van der Waals surface area contributed by atoms with Crippen molar-refractivity contribution >= 4 is 65.7 Å². The monoisotopic (exact) mass is 866 g/mol. The first-order valence-corrected chi connectivity index (χ1v) is 23.3. The van der Waals surface area contributed by atoms with Gasteiger partial charge in [-0.25, -0.2) is 0 Å². The highest BCUT2D eigenvalue weighted by Gasteiger charge is 2.24. The van der Waals surface area contributed by atoms with Crippen LogP contribution in [0.4, 0.5) is 0 Å². The van der Waals surface area contributed by atoms with Crippen LogP contribution in [0.2, 0.25) is 0 Å². The lowest BCUT2D eigenvalue weighted by Crippen LogP contribution is -2.02. The van der Waals surface area contributed by atoms with Gasteiger partial charge in [0.2, 0.25) is 0 Å². The molecule has 0 fully saturated rings. The molecule has 4 aromatic heterocycles. The largest absolute Gasteiger partial charge is 0.295 e. The summed E-state index contributed by atoms with van der Waals surface area (Å²) in [5.74, 6) is 0. The molecule has 4 heteroatoms. The van der Waals surface area contributed by atoms with Gasteiger partial charge in [0.05, 0.1) is 22.1 Å². The van der Waals surface area contributed by atoms with Crippen LogP contribution >= 0.6 is 0 Å².